The molecule has 1 aliphatic rings. The average Bonchev–Trinajstić information content (AvgIpc) is 3.48. The first-order valence-corrected chi connectivity index (χ1v) is 15.9. The predicted molar refractivity (Wildman–Crippen MR) is 184 cm³/mol. The molecule has 13 nitrogen and oxygen atoms in total. The van der Waals surface area contributed by atoms with Crippen molar-refractivity contribution in [2.75, 3.05) is 48.7 Å². The molecular weight excluding hydrogens is 584 g/mol. The second kappa shape index (κ2) is 15.0. The number of nitrogens with one attached hydrogen (secondary N) is 5. The lowest BCUT2D eigenvalue weighted by Gasteiger charge is -2.33. The number of hydrogen-bond donors (Lipinski definition) is 6. The fraction of sp³-hybridized carbons (Fsp3) is 0.485. The van der Waals surface area contributed by atoms with Gasteiger partial charge in [0.2, 0.25) is 0 Å². The molecule has 3 heterocycles. The molecule has 7 N–H and O–H groups in total. The van der Waals surface area contributed by atoms with E-state index in [0.29, 0.717) is 37.3 Å². The first-order chi connectivity index (χ1) is 21.9. The van der Waals surface area contributed by atoms with Crippen molar-refractivity contribution in [1.82, 2.24) is 30.5 Å². The number of ether oxygens (including phenoxy) is 1. The van der Waals surface area contributed by atoms with Gasteiger partial charge in [0.25, 0.3) is 5.91 Å². The number of likely N-dealkylation sites (N-methyl/N-ethyl adjacent to an activating group) is 1. The fourth-order valence-electron chi connectivity index (χ4n) is 5.46. The first kappa shape index (κ1) is 34.1. The second-order valence-electron chi connectivity index (χ2n) is 12.4. The molecule has 1 unspecified atom stereocenters. The van der Waals surface area contributed by atoms with Crippen LogP contribution in [-0.4, -0.2) is 88.5 Å². The van der Waals surface area contributed by atoms with E-state index in [9.17, 15) is 9.59 Å². The van der Waals surface area contributed by atoms with Gasteiger partial charge in [0.15, 0.2) is 17.2 Å². The third kappa shape index (κ3) is 8.46. The Morgan fingerprint density at radius 1 is 1.22 bits per heavy atom. The SMILES string of the molecule is CCNc1ccc(/C(C=N)=C/NC2CCN(C(=O)OC(C)(C)C)CC2)cc1N(CC)C(C)CNC(=O)c1nc2cc[nH]c2nc1N. The van der Waals surface area contributed by atoms with Gasteiger partial charge in [-0.2, -0.15) is 0 Å². The molecule has 1 saturated heterocycles. The summed E-state index contributed by atoms with van der Waals surface area (Å²) in [5.74, 6) is -0.309. The summed E-state index contributed by atoms with van der Waals surface area (Å²) in [6, 6.07) is 7.96. The van der Waals surface area contributed by atoms with Gasteiger partial charge < -0.3 is 46.6 Å². The summed E-state index contributed by atoms with van der Waals surface area (Å²) >= 11 is 0. The van der Waals surface area contributed by atoms with Gasteiger partial charge in [-0.1, -0.05) is 6.07 Å². The highest BCUT2D eigenvalue weighted by atomic mass is 16.6. The Kier molecular flexibility index (Phi) is 11.1. The highest BCUT2D eigenvalue weighted by Crippen LogP contribution is 2.31. The number of nitrogen functional groups attached to an aromatic ring is 1. The van der Waals surface area contributed by atoms with Crippen LogP contribution in [0.1, 0.15) is 70.4 Å². The number of rotatable bonds is 12. The number of benzene rings is 1. The third-order valence-corrected chi connectivity index (χ3v) is 7.84. The summed E-state index contributed by atoms with van der Waals surface area (Å²) in [6.45, 7) is 14.8. The Hall–Kier alpha value is -4.81. The van der Waals surface area contributed by atoms with Crippen LogP contribution in [0.3, 0.4) is 0 Å². The van der Waals surface area contributed by atoms with E-state index < -0.39 is 5.60 Å². The summed E-state index contributed by atoms with van der Waals surface area (Å²) < 4.78 is 5.52. The number of hydrogen-bond acceptors (Lipinski definition) is 10. The first-order valence-electron chi connectivity index (χ1n) is 15.9. The lowest BCUT2D eigenvalue weighted by Crippen LogP contribution is -2.45. The minimum absolute atomic E-state index is 0.0720. The molecule has 13 heteroatoms. The van der Waals surface area contributed by atoms with Gasteiger partial charge in [-0.25, -0.2) is 14.8 Å². The van der Waals surface area contributed by atoms with Crippen LogP contribution in [-0.2, 0) is 4.74 Å². The molecule has 0 aliphatic carbocycles. The molecule has 2 aromatic heterocycles. The zero-order chi connectivity index (χ0) is 33.4. The standard InChI is InChI=1S/C33H48N10O3/c1-7-36-25-10-9-22(23(18-34)20-38-24-12-15-42(16-13-24)32(45)46-33(4,5)6)17-27(25)43(8-2)21(3)19-39-31(44)28-29(35)41-30-26(40-28)11-14-37-30/h9-11,14,17-18,20-21,24,34,36,38H,7-8,12-13,15-16,19H2,1-6H3,(H,39,44)(H3,35,37,41)/b23-20+,34-18?. The number of aromatic amines is 1. The van der Waals surface area contributed by atoms with E-state index in [0.717, 1.165) is 41.9 Å². The second-order valence-corrected chi connectivity index (χ2v) is 12.4. The molecule has 1 aliphatic heterocycles. The molecule has 248 valence electrons. The largest absolute Gasteiger partial charge is 0.444 e. The number of nitrogens with zero attached hydrogens (tertiary/aromatic N) is 4. The number of likely N-dealkylation sites (tertiary alicyclic amines) is 1. The Bertz CT molecular complexity index is 1550. The molecule has 0 saturated carbocycles. The average molecular weight is 633 g/mol. The van der Waals surface area contributed by atoms with Crippen LogP contribution in [0.2, 0.25) is 0 Å². The maximum atomic E-state index is 13.0. The number of piperidine rings is 1. The zero-order valence-electron chi connectivity index (χ0n) is 27.7. The van der Waals surface area contributed by atoms with E-state index in [2.05, 4.69) is 55.7 Å². The minimum atomic E-state index is -0.518. The number of anilines is 3. The van der Waals surface area contributed by atoms with E-state index in [4.69, 9.17) is 15.9 Å². The summed E-state index contributed by atoms with van der Waals surface area (Å²) in [4.78, 5) is 41.0. The highest BCUT2D eigenvalue weighted by Gasteiger charge is 2.27. The minimum Gasteiger partial charge on any atom is -0.444 e. The molecule has 2 amide bonds. The molecular formula is C33H48N10O3. The van der Waals surface area contributed by atoms with Crippen LogP contribution in [0.4, 0.5) is 22.0 Å². The molecule has 3 aromatic rings. The zero-order valence-corrected chi connectivity index (χ0v) is 27.7. The van der Waals surface area contributed by atoms with E-state index in [-0.39, 0.29) is 35.6 Å². The van der Waals surface area contributed by atoms with E-state index in [1.807, 2.05) is 46.0 Å². The van der Waals surface area contributed by atoms with Crippen LogP contribution in [0.15, 0.2) is 36.7 Å². The maximum Gasteiger partial charge on any atom is 0.410 e. The number of nitrogens with two attached hydrogens (primary N) is 1. The van der Waals surface area contributed by atoms with Gasteiger partial charge in [-0.05, 0) is 78.1 Å². The van der Waals surface area contributed by atoms with Crippen LogP contribution in [0.25, 0.3) is 16.7 Å². The number of allylic oxidation sites excluding steroid dienone is 1. The smallest absolute Gasteiger partial charge is 0.410 e. The van der Waals surface area contributed by atoms with Gasteiger partial charge in [0.05, 0.1) is 11.4 Å². The number of carbonyl (C=O) groups excluding carboxylic acids is 2. The molecule has 1 fully saturated rings. The van der Waals surface area contributed by atoms with Crippen molar-refractivity contribution in [2.24, 2.45) is 0 Å². The lowest BCUT2D eigenvalue weighted by atomic mass is 10.0. The van der Waals surface area contributed by atoms with Crippen molar-refractivity contribution in [2.45, 2.75) is 72.1 Å². The summed E-state index contributed by atoms with van der Waals surface area (Å²) in [6.07, 6.45) is 6.24. The van der Waals surface area contributed by atoms with Crippen LogP contribution in [0, 0.1) is 5.41 Å². The van der Waals surface area contributed by atoms with Crippen LogP contribution in [0.5, 0.6) is 0 Å². The van der Waals surface area contributed by atoms with Gasteiger partial charge in [-0.3, -0.25) is 4.79 Å². The van der Waals surface area contributed by atoms with Crippen molar-refractivity contribution in [3.8, 4) is 0 Å². The Morgan fingerprint density at radius 2 is 1.96 bits per heavy atom. The van der Waals surface area contributed by atoms with Crippen molar-refractivity contribution in [1.29, 1.82) is 5.41 Å². The Labute approximate surface area is 270 Å². The molecule has 4 rings (SSSR count). The number of carbonyl (C=O) groups is 2. The number of amides is 2. The normalized spacial score (nSPS) is 14.9. The van der Waals surface area contributed by atoms with Gasteiger partial charge >= 0.3 is 6.09 Å². The van der Waals surface area contributed by atoms with Gasteiger partial charge in [-0.15, -0.1) is 0 Å². The third-order valence-electron chi connectivity index (χ3n) is 7.84. The van der Waals surface area contributed by atoms with E-state index in [1.54, 1.807) is 17.2 Å². The van der Waals surface area contributed by atoms with Crippen LogP contribution < -0.4 is 26.6 Å². The molecule has 46 heavy (non-hydrogen) atoms. The lowest BCUT2D eigenvalue weighted by molar-refractivity contribution is 0.0201. The quantitative estimate of drug-likeness (QED) is 0.156. The number of aromatic nitrogens is 3. The van der Waals surface area contributed by atoms with Gasteiger partial charge in [0.1, 0.15) is 11.1 Å². The molecule has 1 atom stereocenters. The summed E-state index contributed by atoms with van der Waals surface area (Å²) in [5, 5.41) is 18.1. The number of H-pyrrole nitrogens is 1. The number of fused-ring (bicyclic) bond motifs is 1. The van der Waals surface area contributed by atoms with Crippen molar-refractivity contribution in [3.63, 3.8) is 0 Å². The Balaban J connectivity index is 1.45. The van der Waals surface area contributed by atoms with E-state index in [1.165, 1.54) is 6.21 Å². The monoisotopic (exact) mass is 632 g/mol. The molecule has 0 bridgehead atoms. The fourth-order valence-corrected chi connectivity index (χ4v) is 5.46. The van der Waals surface area contributed by atoms with Crippen molar-refractivity contribution < 1.29 is 14.3 Å². The van der Waals surface area contributed by atoms with Gasteiger partial charge in [0, 0.05) is 69.0 Å². The summed E-state index contributed by atoms with van der Waals surface area (Å²) in [5.41, 5.74) is 10.3. The molecule has 0 spiro atoms. The highest BCUT2D eigenvalue weighted by molar-refractivity contribution is 6.08. The van der Waals surface area contributed by atoms with Crippen LogP contribution >= 0.6 is 0 Å². The topological polar surface area (TPSA) is 177 Å². The summed E-state index contributed by atoms with van der Waals surface area (Å²) in [7, 11) is 0. The molecule has 0 radical (unpaired) electrons. The van der Waals surface area contributed by atoms with Crippen molar-refractivity contribution >= 4 is 52.1 Å². The molecule has 1 aromatic carbocycles. The predicted octanol–water partition coefficient (Wildman–Crippen LogP) is 4.60. The Morgan fingerprint density at radius 3 is 2.61 bits per heavy atom. The maximum absolute atomic E-state index is 13.0. The van der Waals surface area contributed by atoms with E-state index >= 15 is 0 Å². The van der Waals surface area contributed by atoms with Crippen molar-refractivity contribution in [3.05, 3.63) is 47.9 Å².